The van der Waals surface area contributed by atoms with Crippen LogP contribution in [0.2, 0.25) is 5.02 Å². The molecule has 0 fully saturated rings. The first kappa shape index (κ1) is 31.9. The molecule has 0 aliphatic rings. The summed E-state index contributed by atoms with van der Waals surface area (Å²) in [5.41, 5.74) is 4.17. The predicted molar refractivity (Wildman–Crippen MR) is 175 cm³/mol. The number of hydrogen-bond donors (Lipinski definition) is 0. The Balaban J connectivity index is 1.35. The second kappa shape index (κ2) is 14.5. The molecule has 0 atom stereocenters. The zero-order valence-corrected chi connectivity index (χ0v) is 26.4. The van der Waals surface area contributed by atoms with Gasteiger partial charge in [-0.1, -0.05) is 71.9 Å². The highest BCUT2D eigenvalue weighted by Gasteiger charge is 2.16. The van der Waals surface area contributed by atoms with E-state index >= 15 is 0 Å². The van der Waals surface area contributed by atoms with E-state index in [1.807, 2.05) is 55.5 Å². The molecular formula is C34H31ClFN5O3S. The van der Waals surface area contributed by atoms with Crippen LogP contribution in [0.15, 0.2) is 106 Å². The van der Waals surface area contributed by atoms with E-state index in [1.54, 1.807) is 41.0 Å². The fraction of sp³-hybridized carbons (Fsp3) is 0.206. The highest BCUT2D eigenvalue weighted by Crippen LogP contribution is 2.23. The van der Waals surface area contributed by atoms with Crippen molar-refractivity contribution in [1.29, 1.82) is 0 Å². The van der Waals surface area contributed by atoms with Crippen LogP contribution in [0.1, 0.15) is 29.2 Å². The number of rotatable bonds is 11. The van der Waals surface area contributed by atoms with Crippen molar-refractivity contribution in [1.82, 2.24) is 24.0 Å². The molecule has 2 heterocycles. The fourth-order valence-corrected chi connectivity index (χ4v) is 5.76. The van der Waals surface area contributed by atoms with Crippen molar-refractivity contribution in [3.05, 3.63) is 145 Å². The number of hydrogen-bond acceptors (Lipinski definition) is 6. The van der Waals surface area contributed by atoms with Crippen LogP contribution in [0, 0.1) is 5.82 Å². The van der Waals surface area contributed by atoms with E-state index in [1.165, 1.54) is 34.7 Å². The minimum Gasteiger partial charge on any atom is -0.340 e. The average molecular weight is 644 g/mol. The highest BCUT2D eigenvalue weighted by molar-refractivity contribution is 7.98. The van der Waals surface area contributed by atoms with E-state index in [4.69, 9.17) is 11.6 Å². The molecule has 0 aliphatic carbocycles. The smallest absolute Gasteiger partial charge is 0.340 e. The van der Waals surface area contributed by atoms with Crippen LogP contribution in [0.3, 0.4) is 0 Å². The van der Waals surface area contributed by atoms with Gasteiger partial charge in [-0.15, -0.1) is 0 Å². The lowest BCUT2D eigenvalue weighted by molar-refractivity contribution is -0.131. The molecule has 11 heteroatoms. The molecule has 0 saturated heterocycles. The van der Waals surface area contributed by atoms with Crippen LogP contribution in [-0.4, -0.2) is 37.0 Å². The van der Waals surface area contributed by atoms with Crippen molar-refractivity contribution in [2.24, 2.45) is 0 Å². The average Bonchev–Trinajstić information content (AvgIpc) is 3.04. The summed E-state index contributed by atoms with van der Waals surface area (Å²) in [6.45, 7) is 2.64. The number of aryl methyl sites for hydroxylation is 1. The number of carbonyl (C=O) groups excluding carboxylic acids is 1. The summed E-state index contributed by atoms with van der Waals surface area (Å²) in [5.74, 6) is -0.0696. The fourth-order valence-electron chi connectivity index (χ4n) is 4.71. The lowest BCUT2D eigenvalue weighted by Gasteiger charge is -2.20. The molecule has 0 N–H and O–H groups in total. The Hall–Kier alpha value is -4.54. The van der Waals surface area contributed by atoms with E-state index in [9.17, 15) is 18.8 Å². The molecule has 0 bridgehead atoms. The summed E-state index contributed by atoms with van der Waals surface area (Å²) in [6, 6.07) is 21.7. The highest BCUT2D eigenvalue weighted by atomic mass is 35.5. The van der Waals surface area contributed by atoms with Gasteiger partial charge in [0.15, 0.2) is 5.16 Å². The molecule has 0 aliphatic heterocycles. The Morgan fingerprint density at radius 2 is 1.53 bits per heavy atom. The van der Waals surface area contributed by atoms with Crippen molar-refractivity contribution in [2.75, 3.05) is 7.05 Å². The number of benzene rings is 3. The van der Waals surface area contributed by atoms with Gasteiger partial charge < -0.3 is 9.47 Å². The van der Waals surface area contributed by atoms with Crippen LogP contribution >= 0.6 is 23.4 Å². The zero-order chi connectivity index (χ0) is 31.9. The third kappa shape index (κ3) is 8.34. The minimum absolute atomic E-state index is 0.0436. The summed E-state index contributed by atoms with van der Waals surface area (Å²) in [4.78, 5) is 48.4. The summed E-state index contributed by atoms with van der Waals surface area (Å²) < 4.78 is 16.6. The summed E-state index contributed by atoms with van der Waals surface area (Å²) in [7, 11) is 1.73. The van der Waals surface area contributed by atoms with Crippen LogP contribution in [0.25, 0.3) is 11.1 Å². The van der Waals surface area contributed by atoms with E-state index in [0.29, 0.717) is 40.1 Å². The first-order chi connectivity index (χ1) is 21.7. The molecule has 45 heavy (non-hydrogen) atoms. The second-order valence-corrected chi connectivity index (χ2v) is 11.9. The molecule has 3 aromatic carbocycles. The maximum absolute atomic E-state index is 13.5. The Kier molecular flexibility index (Phi) is 10.3. The van der Waals surface area contributed by atoms with Gasteiger partial charge in [0.2, 0.25) is 5.91 Å². The largest absolute Gasteiger partial charge is 0.347 e. The van der Waals surface area contributed by atoms with Gasteiger partial charge in [0, 0.05) is 61.5 Å². The topological polar surface area (TPSA) is 90.1 Å². The molecule has 0 spiro atoms. The van der Waals surface area contributed by atoms with Gasteiger partial charge in [-0.2, -0.15) is 4.98 Å². The van der Waals surface area contributed by atoms with Gasteiger partial charge in [-0.25, -0.2) is 14.2 Å². The number of likely N-dealkylation sites (N-methyl/N-ethyl adjacent to an activating group) is 1. The monoisotopic (exact) mass is 643 g/mol. The van der Waals surface area contributed by atoms with Crippen LogP contribution in [-0.2, 0) is 36.6 Å². The first-order valence-electron chi connectivity index (χ1n) is 14.3. The first-order valence-corrected chi connectivity index (χ1v) is 15.7. The summed E-state index contributed by atoms with van der Waals surface area (Å²) >= 11 is 7.31. The van der Waals surface area contributed by atoms with E-state index in [0.717, 1.165) is 22.3 Å². The maximum Gasteiger partial charge on any atom is 0.347 e. The van der Waals surface area contributed by atoms with Gasteiger partial charge in [0.1, 0.15) is 12.4 Å². The lowest BCUT2D eigenvalue weighted by Crippen LogP contribution is -2.31. The number of amides is 1. The third-order valence-electron chi connectivity index (χ3n) is 7.24. The SMILES string of the molecule is CCn1cc(Cc2cn(CC(=O)N(C)Cc3ccc(-c4ccc(Cl)cc4)cc3)c(SCc3ccc(F)cc3)nc2=O)cnc1=O. The van der Waals surface area contributed by atoms with Crippen molar-refractivity contribution in [2.45, 2.75) is 43.9 Å². The lowest BCUT2D eigenvalue weighted by atomic mass is 10.0. The van der Waals surface area contributed by atoms with Crippen LogP contribution in [0.4, 0.5) is 4.39 Å². The third-order valence-corrected chi connectivity index (χ3v) is 8.55. The molecule has 8 nitrogen and oxygen atoms in total. The normalized spacial score (nSPS) is 11.0. The van der Waals surface area contributed by atoms with Crippen molar-refractivity contribution < 1.29 is 9.18 Å². The molecule has 230 valence electrons. The van der Waals surface area contributed by atoms with E-state index in [-0.39, 0.29) is 30.4 Å². The molecular weight excluding hydrogens is 613 g/mol. The molecule has 2 aromatic heterocycles. The quantitative estimate of drug-likeness (QED) is 0.133. The Morgan fingerprint density at radius 3 is 2.20 bits per heavy atom. The number of carbonyl (C=O) groups is 1. The molecule has 0 unspecified atom stereocenters. The van der Waals surface area contributed by atoms with Crippen molar-refractivity contribution in [3.8, 4) is 11.1 Å². The Labute approximate surface area is 269 Å². The Morgan fingerprint density at radius 1 is 0.889 bits per heavy atom. The van der Waals surface area contributed by atoms with Gasteiger partial charge in [-0.05, 0) is 59.0 Å². The van der Waals surface area contributed by atoms with Crippen LogP contribution in [0.5, 0.6) is 0 Å². The Bertz CT molecular complexity index is 1910. The van der Waals surface area contributed by atoms with E-state index < -0.39 is 5.56 Å². The molecule has 5 aromatic rings. The number of halogens is 2. The minimum atomic E-state index is -0.427. The second-order valence-electron chi connectivity index (χ2n) is 10.6. The maximum atomic E-state index is 13.5. The standard InChI is InChI=1S/C34H31ClFN5O3S/c1-3-40-19-25(17-37-33(40)44)16-28-20-41(34(38-32(28)43)45-22-24-6-14-30(36)15-7-24)21-31(42)39(2)18-23-4-8-26(9-5-23)27-10-12-29(35)13-11-27/h4-15,17,19-20H,3,16,18,21-22H2,1-2H3. The number of nitrogens with zero attached hydrogens (tertiary/aromatic N) is 5. The van der Waals surface area contributed by atoms with Crippen molar-refractivity contribution >= 4 is 29.3 Å². The summed E-state index contributed by atoms with van der Waals surface area (Å²) in [5, 5.41) is 1.05. The number of thioether (sulfide) groups is 1. The van der Waals surface area contributed by atoms with Crippen molar-refractivity contribution in [3.63, 3.8) is 0 Å². The van der Waals surface area contributed by atoms with Gasteiger partial charge in [-0.3, -0.25) is 14.2 Å². The number of aromatic nitrogens is 4. The van der Waals surface area contributed by atoms with Gasteiger partial charge in [0.25, 0.3) is 5.56 Å². The van der Waals surface area contributed by atoms with Gasteiger partial charge in [0.05, 0.1) is 0 Å². The van der Waals surface area contributed by atoms with Crippen LogP contribution < -0.4 is 11.2 Å². The molecule has 0 saturated carbocycles. The molecule has 0 radical (unpaired) electrons. The molecule has 5 rings (SSSR count). The van der Waals surface area contributed by atoms with Gasteiger partial charge >= 0.3 is 5.69 Å². The summed E-state index contributed by atoms with van der Waals surface area (Å²) in [6.07, 6.45) is 4.97. The predicted octanol–water partition coefficient (Wildman–Crippen LogP) is 5.82. The molecule has 1 amide bonds. The van der Waals surface area contributed by atoms with E-state index in [2.05, 4.69) is 9.97 Å². The zero-order valence-electron chi connectivity index (χ0n) is 24.8.